The Labute approximate surface area is 142 Å². The van der Waals surface area contributed by atoms with E-state index >= 15 is 0 Å². The molecule has 0 atom stereocenters. The molecule has 5 rings (SSSR count). The Kier molecular flexibility index (Phi) is 3.05. The molecule has 0 fully saturated rings. The minimum atomic E-state index is 0.868. The van der Waals surface area contributed by atoms with Gasteiger partial charge in [-0.05, 0) is 17.7 Å². The Bertz CT molecular complexity index is 1060. The largest absolute Gasteiger partial charge is 0.346 e. The molecule has 0 spiro atoms. The highest BCUT2D eigenvalue weighted by Gasteiger charge is 2.17. The molecule has 0 saturated carbocycles. The van der Waals surface area contributed by atoms with Crippen molar-refractivity contribution in [3.8, 4) is 0 Å². The van der Waals surface area contributed by atoms with E-state index in [0.29, 0.717) is 0 Å². The molecule has 1 aliphatic rings. The molecule has 7 heteroatoms. The summed E-state index contributed by atoms with van der Waals surface area (Å²) in [5.74, 6) is 1.96. The zero-order valence-electron chi connectivity index (χ0n) is 12.7. The van der Waals surface area contributed by atoms with E-state index in [2.05, 4.69) is 54.4 Å². The van der Waals surface area contributed by atoms with E-state index in [9.17, 15) is 0 Å². The van der Waals surface area contributed by atoms with Gasteiger partial charge in [0, 0.05) is 35.0 Å². The highest BCUT2D eigenvalue weighted by Crippen LogP contribution is 2.35. The van der Waals surface area contributed by atoms with Crippen LogP contribution in [0.4, 0.5) is 5.82 Å². The lowest BCUT2D eigenvalue weighted by Gasteiger charge is -2.26. The number of fused-ring (bicyclic) bond motifs is 2. The number of nitrogens with one attached hydrogen (secondary N) is 2. The van der Waals surface area contributed by atoms with Crippen molar-refractivity contribution < 1.29 is 0 Å². The zero-order chi connectivity index (χ0) is 15.9. The second-order valence-electron chi connectivity index (χ2n) is 5.64. The van der Waals surface area contributed by atoms with E-state index < -0.39 is 0 Å². The van der Waals surface area contributed by atoms with E-state index in [0.717, 1.165) is 40.1 Å². The number of hydrogen-bond acceptors (Lipinski definition) is 5. The van der Waals surface area contributed by atoms with Gasteiger partial charge in [-0.25, -0.2) is 9.97 Å². The Balaban J connectivity index is 1.58. The Hall–Kier alpha value is -2.80. The lowest BCUT2D eigenvalue weighted by atomic mass is 10.1. The molecule has 0 saturated heterocycles. The normalized spacial score (nSPS) is 15.2. The van der Waals surface area contributed by atoms with Crippen molar-refractivity contribution in [3.05, 3.63) is 54.7 Å². The second kappa shape index (κ2) is 5.38. The van der Waals surface area contributed by atoms with Crippen LogP contribution >= 0.6 is 11.8 Å². The first kappa shape index (κ1) is 13.6. The van der Waals surface area contributed by atoms with Gasteiger partial charge in [0.2, 0.25) is 0 Å². The number of hydrogen-bond donors (Lipinski definition) is 2. The molecule has 0 amide bonds. The summed E-state index contributed by atoms with van der Waals surface area (Å²) >= 11 is 1.87. The number of benzene rings is 1. The van der Waals surface area contributed by atoms with Crippen LogP contribution in [0.3, 0.4) is 0 Å². The van der Waals surface area contributed by atoms with Gasteiger partial charge in [0.25, 0.3) is 0 Å². The van der Waals surface area contributed by atoms with Crippen LogP contribution in [0.1, 0.15) is 5.56 Å². The van der Waals surface area contributed by atoms with Crippen molar-refractivity contribution in [2.75, 3.05) is 17.2 Å². The Morgan fingerprint density at radius 1 is 1.17 bits per heavy atom. The van der Waals surface area contributed by atoms with Gasteiger partial charge in [-0.1, -0.05) is 12.1 Å². The van der Waals surface area contributed by atoms with Gasteiger partial charge in [0.05, 0.1) is 17.1 Å². The lowest BCUT2D eigenvalue weighted by molar-refractivity contribution is 0.988. The molecule has 0 radical (unpaired) electrons. The van der Waals surface area contributed by atoms with Crippen molar-refractivity contribution in [3.63, 3.8) is 0 Å². The van der Waals surface area contributed by atoms with Crippen LogP contribution in [-0.2, 0) is 0 Å². The monoisotopic (exact) mass is 334 g/mol. The predicted octanol–water partition coefficient (Wildman–Crippen LogP) is 3.39. The molecule has 0 bridgehead atoms. The average Bonchev–Trinajstić information content (AvgIpc) is 3.29. The minimum absolute atomic E-state index is 0.868. The summed E-state index contributed by atoms with van der Waals surface area (Å²) in [6.45, 7) is 0.928. The fourth-order valence-corrected chi connectivity index (χ4v) is 4.00. The Morgan fingerprint density at radius 3 is 3.17 bits per heavy atom. The fourth-order valence-electron chi connectivity index (χ4n) is 3.00. The smallest absolute Gasteiger partial charge is 0.145 e. The first-order valence-corrected chi connectivity index (χ1v) is 8.70. The maximum atomic E-state index is 4.50. The highest BCUT2D eigenvalue weighted by molar-refractivity contribution is 8.08. The van der Waals surface area contributed by atoms with Crippen LogP contribution in [-0.4, -0.2) is 37.4 Å². The van der Waals surface area contributed by atoms with Crippen LogP contribution in [0.25, 0.3) is 26.8 Å². The molecule has 6 nitrogen and oxygen atoms in total. The molecule has 2 N–H and O–H groups in total. The summed E-state index contributed by atoms with van der Waals surface area (Å²) in [7, 11) is 0. The van der Waals surface area contributed by atoms with Crippen LogP contribution in [0.5, 0.6) is 0 Å². The summed E-state index contributed by atoms with van der Waals surface area (Å²) < 4.78 is 0. The summed E-state index contributed by atoms with van der Waals surface area (Å²) in [6, 6.07) is 8.42. The molecule has 24 heavy (non-hydrogen) atoms. The third-order valence-corrected chi connectivity index (χ3v) is 5.23. The topological polar surface area (TPSA) is 73.5 Å². The highest BCUT2D eigenvalue weighted by atomic mass is 32.2. The molecular formula is C17H14N6S. The molecular weight excluding hydrogens is 320 g/mol. The molecule has 0 unspecified atom stereocenters. The number of rotatable bonds is 2. The van der Waals surface area contributed by atoms with Gasteiger partial charge >= 0.3 is 0 Å². The minimum Gasteiger partial charge on any atom is -0.346 e. The quantitative estimate of drug-likeness (QED) is 0.588. The van der Waals surface area contributed by atoms with Gasteiger partial charge in [0.15, 0.2) is 0 Å². The van der Waals surface area contributed by atoms with Crippen molar-refractivity contribution in [1.29, 1.82) is 0 Å². The molecule has 1 aromatic carbocycles. The van der Waals surface area contributed by atoms with Crippen molar-refractivity contribution in [1.82, 2.24) is 25.1 Å². The molecule has 0 aliphatic carbocycles. The van der Waals surface area contributed by atoms with E-state index in [-0.39, 0.29) is 0 Å². The first-order chi connectivity index (χ1) is 11.9. The third kappa shape index (κ3) is 2.16. The number of anilines is 1. The molecule has 4 aromatic rings. The average molecular weight is 334 g/mol. The van der Waals surface area contributed by atoms with Crippen LogP contribution in [0.2, 0.25) is 0 Å². The van der Waals surface area contributed by atoms with Crippen molar-refractivity contribution in [2.24, 2.45) is 0 Å². The summed E-state index contributed by atoms with van der Waals surface area (Å²) in [6.07, 6.45) is 7.54. The third-order valence-electron chi connectivity index (χ3n) is 4.19. The number of aromatic amines is 2. The molecule has 118 valence electrons. The maximum Gasteiger partial charge on any atom is 0.145 e. The van der Waals surface area contributed by atoms with Gasteiger partial charge in [-0.15, -0.1) is 11.8 Å². The lowest BCUT2D eigenvalue weighted by Crippen LogP contribution is -2.24. The fraction of sp³-hybridized carbons (Fsp3) is 0.118. The van der Waals surface area contributed by atoms with Crippen molar-refractivity contribution >= 4 is 44.4 Å². The number of aromatic nitrogens is 5. The number of nitrogens with zero attached hydrogens (tertiary/aromatic N) is 4. The standard InChI is InChI=1S/C17H14N6S/c1-2-12-8-21-22-14(12)7-11(1)15-9-23(5-6-24-15)17-13-3-4-18-16(13)19-10-20-17/h1-4,7-10H,5-6H2,(H,21,22)(H,18,19,20). The molecule has 3 aromatic heterocycles. The van der Waals surface area contributed by atoms with E-state index in [1.165, 1.54) is 10.5 Å². The first-order valence-electron chi connectivity index (χ1n) is 7.71. The second-order valence-corrected chi connectivity index (χ2v) is 6.78. The number of thioether (sulfide) groups is 1. The van der Waals surface area contributed by atoms with Crippen molar-refractivity contribution in [2.45, 2.75) is 0 Å². The molecule has 4 heterocycles. The summed E-state index contributed by atoms with van der Waals surface area (Å²) in [5.41, 5.74) is 3.12. The Morgan fingerprint density at radius 2 is 2.17 bits per heavy atom. The summed E-state index contributed by atoms with van der Waals surface area (Å²) in [5, 5.41) is 9.31. The van der Waals surface area contributed by atoms with Crippen LogP contribution in [0, 0.1) is 0 Å². The van der Waals surface area contributed by atoms with Crippen LogP contribution < -0.4 is 4.90 Å². The summed E-state index contributed by atoms with van der Waals surface area (Å²) in [4.78, 5) is 15.4. The van der Waals surface area contributed by atoms with Gasteiger partial charge in [-0.3, -0.25) is 5.10 Å². The van der Waals surface area contributed by atoms with E-state index in [1.807, 2.05) is 30.2 Å². The van der Waals surface area contributed by atoms with E-state index in [1.54, 1.807) is 6.33 Å². The van der Waals surface area contributed by atoms with Gasteiger partial charge < -0.3 is 9.88 Å². The maximum absolute atomic E-state index is 4.50. The zero-order valence-corrected chi connectivity index (χ0v) is 13.5. The SMILES string of the molecule is C1=C(c2ccc3cn[nH]c3c2)SCCN1c1ncnc2[nH]ccc12. The van der Waals surface area contributed by atoms with Gasteiger partial charge in [-0.2, -0.15) is 5.10 Å². The van der Waals surface area contributed by atoms with Crippen LogP contribution in [0.15, 0.2) is 49.2 Å². The van der Waals surface area contributed by atoms with Gasteiger partial charge in [0.1, 0.15) is 17.8 Å². The number of H-pyrrole nitrogens is 2. The predicted molar refractivity (Wildman–Crippen MR) is 97.8 cm³/mol. The van der Waals surface area contributed by atoms with E-state index in [4.69, 9.17) is 0 Å². The molecule has 1 aliphatic heterocycles.